The second kappa shape index (κ2) is 6.10. The van der Waals surface area contributed by atoms with Gasteiger partial charge >= 0.3 is 5.97 Å². The minimum Gasteiger partial charge on any atom is -0.481 e. The van der Waals surface area contributed by atoms with Crippen LogP contribution in [-0.4, -0.2) is 60.8 Å². The third-order valence-corrected chi connectivity index (χ3v) is 7.04. The van der Waals surface area contributed by atoms with Gasteiger partial charge in [0, 0.05) is 39.0 Å². The number of nitrogens with zero attached hydrogens (tertiary/aromatic N) is 2. The van der Waals surface area contributed by atoms with Crippen molar-refractivity contribution < 1.29 is 23.1 Å². The summed E-state index contributed by atoms with van der Waals surface area (Å²) < 4.78 is 26.8. The Morgan fingerprint density at radius 1 is 1.28 bits per heavy atom. The number of carbonyl (C=O) groups is 2. The third-order valence-electron chi connectivity index (χ3n) is 5.27. The molecule has 2 fully saturated rings. The maximum absolute atomic E-state index is 12.8. The van der Waals surface area contributed by atoms with Crippen molar-refractivity contribution in [3.05, 3.63) is 35.4 Å². The zero-order valence-electron chi connectivity index (χ0n) is 14.3. The molecule has 1 aromatic rings. The van der Waals surface area contributed by atoms with Crippen LogP contribution in [0.5, 0.6) is 0 Å². The molecule has 7 nitrogen and oxygen atoms in total. The van der Waals surface area contributed by atoms with Crippen LogP contribution in [0, 0.1) is 18.3 Å². The summed E-state index contributed by atoms with van der Waals surface area (Å²) >= 11 is 0. The number of aliphatic carboxylic acids is 1. The molecule has 25 heavy (non-hydrogen) atoms. The molecule has 8 heteroatoms. The first-order valence-corrected chi connectivity index (χ1v) is 9.77. The minimum atomic E-state index is -3.61. The summed E-state index contributed by atoms with van der Waals surface area (Å²) in [7, 11) is -3.61. The van der Waals surface area contributed by atoms with Crippen LogP contribution in [0.3, 0.4) is 0 Å². The van der Waals surface area contributed by atoms with E-state index < -0.39 is 21.4 Å². The van der Waals surface area contributed by atoms with Gasteiger partial charge in [0.05, 0.1) is 5.75 Å². The van der Waals surface area contributed by atoms with Gasteiger partial charge in [0.2, 0.25) is 15.9 Å². The van der Waals surface area contributed by atoms with E-state index in [0.29, 0.717) is 5.56 Å². The highest BCUT2D eigenvalue weighted by molar-refractivity contribution is 7.88. The van der Waals surface area contributed by atoms with Gasteiger partial charge in [-0.2, -0.15) is 0 Å². The molecule has 0 radical (unpaired) electrons. The molecule has 3 rings (SSSR count). The topological polar surface area (TPSA) is 95.0 Å². The van der Waals surface area contributed by atoms with Crippen LogP contribution in [0.1, 0.15) is 18.1 Å². The number of likely N-dealkylation sites (tertiary alicyclic amines) is 1. The standard InChI is InChI=1S/C17H22N2O5S/c1-12-4-3-5-14(6-12)9-25(23,24)19-8-15-7-18(13(2)20)10-17(15,11-19)16(21)22/h3-6,15H,7-11H2,1-2H3,(H,21,22)/t15-,17-/m0/s1. The number of carbonyl (C=O) groups excluding carboxylic acids is 1. The van der Waals surface area contributed by atoms with E-state index in [1.165, 1.54) is 16.1 Å². The molecule has 2 saturated heterocycles. The fourth-order valence-corrected chi connectivity index (χ4v) is 5.49. The smallest absolute Gasteiger partial charge is 0.313 e. The molecule has 0 bridgehead atoms. The number of hydrogen-bond donors (Lipinski definition) is 1. The Kier molecular flexibility index (Phi) is 4.36. The molecule has 1 N–H and O–H groups in total. The minimum absolute atomic E-state index is 0.0683. The van der Waals surface area contributed by atoms with Crippen molar-refractivity contribution in [3.8, 4) is 0 Å². The van der Waals surface area contributed by atoms with Crippen LogP contribution in [0.25, 0.3) is 0 Å². The van der Waals surface area contributed by atoms with Crippen molar-refractivity contribution in [1.29, 1.82) is 0 Å². The van der Waals surface area contributed by atoms with E-state index in [1.54, 1.807) is 6.07 Å². The SMILES string of the molecule is CC(=O)N1C[C@H]2CN(S(=O)(=O)Cc3cccc(C)c3)C[C@@]2(C(=O)O)C1. The first-order chi connectivity index (χ1) is 11.6. The molecular weight excluding hydrogens is 344 g/mol. The lowest BCUT2D eigenvalue weighted by atomic mass is 9.81. The van der Waals surface area contributed by atoms with Gasteiger partial charge < -0.3 is 10.0 Å². The Balaban J connectivity index is 1.82. The highest BCUT2D eigenvalue weighted by atomic mass is 32.2. The highest BCUT2D eigenvalue weighted by Gasteiger charge is 2.60. The van der Waals surface area contributed by atoms with Gasteiger partial charge in [0.1, 0.15) is 5.41 Å². The number of sulfonamides is 1. The lowest BCUT2D eigenvalue weighted by Crippen LogP contribution is -2.42. The van der Waals surface area contributed by atoms with E-state index in [-0.39, 0.29) is 43.8 Å². The Labute approximate surface area is 147 Å². The zero-order chi connectivity index (χ0) is 18.4. The second-order valence-electron chi connectivity index (χ2n) is 7.10. The van der Waals surface area contributed by atoms with E-state index in [4.69, 9.17) is 0 Å². The first-order valence-electron chi connectivity index (χ1n) is 8.16. The predicted molar refractivity (Wildman–Crippen MR) is 91.2 cm³/mol. The fourth-order valence-electron chi connectivity index (χ4n) is 3.88. The average Bonchev–Trinajstić information content (AvgIpc) is 3.02. The van der Waals surface area contributed by atoms with Gasteiger partial charge in [-0.1, -0.05) is 29.8 Å². The molecule has 0 aliphatic carbocycles. The van der Waals surface area contributed by atoms with Crippen molar-refractivity contribution in [1.82, 2.24) is 9.21 Å². The molecule has 1 aromatic carbocycles. The van der Waals surface area contributed by atoms with E-state index in [0.717, 1.165) is 5.56 Å². The summed E-state index contributed by atoms with van der Waals surface area (Å²) in [6.45, 7) is 3.72. The van der Waals surface area contributed by atoms with E-state index in [9.17, 15) is 23.1 Å². The normalized spacial score (nSPS) is 26.6. The van der Waals surface area contributed by atoms with Crippen molar-refractivity contribution in [2.24, 2.45) is 11.3 Å². The molecule has 2 aliphatic rings. The molecule has 2 atom stereocenters. The molecule has 0 aromatic heterocycles. The summed E-state index contributed by atoms with van der Waals surface area (Å²) in [4.78, 5) is 25.0. The lowest BCUT2D eigenvalue weighted by molar-refractivity contribution is -0.148. The van der Waals surface area contributed by atoms with E-state index in [1.807, 2.05) is 25.1 Å². The summed E-state index contributed by atoms with van der Waals surface area (Å²) in [6.07, 6.45) is 0. The van der Waals surface area contributed by atoms with E-state index >= 15 is 0 Å². The predicted octanol–water partition coefficient (Wildman–Crippen LogP) is 0.690. The third kappa shape index (κ3) is 3.16. The van der Waals surface area contributed by atoms with Gasteiger partial charge in [0.25, 0.3) is 0 Å². The number of rotatable bonds is 4. The molecule has 0 spiro atoms. The molecule has 2 aliphatic heterocycles. The summed E-state index contributed by atoms with van der Waals surface area (Å²) in [5.74, 6) is -1.73. The van der Waals surface area contributed by atoms with Crippen molar-refractivity contribution in [2.75, 3.05) is 26.2 Å². The van der Waals surface area contributed by atoms with Crippen LogP contribution in [0.4, 0.5) is 0 Å². The van der Waals surface area contributed by atoms with Crippen molar-refractivity contribution in [2.45, 2.75) is 19.6 Å². The molecular formula is C17H22N2O5S. The second-order valence-corrected chi connectivity index (χ2v) is 9.06. The maximum Gasteiger partial charge on any atom is 0.313 e. The lowest BCUT2D eigenvalue weighted by Gasteiger charge is -2.24. The van der Waals surface area contributed by atoms with Crippen molar-refractivity contribution >= 4 is 21.9 Å². The number of hydrogen-bond acceptors (Lipinski definition) is 4. The fraction of sp³-hybridized carbons (Fsp3) is 0.529. The first kappa shape index (κ1) is 17.9. The number of benzene rings is 1. The van der Waals surface area contributed by atoms with Crippen molar-refractivity contribution in [3.63, 3.8) is 0 Å². The monoisotopic (exact) mass is 366 g/mol. The Hall–Kier alpha value is -1.93. The average molecular weight is 366 g/mol. The summed E-state index contributed by atoms with van der Waals surface area (Å²) in [5, 5.41) is 9.72. The maximum atomic E-state index is 12.8. The molecule has 0 unspecified atom stereocenters. The number of carboxylic acids is 1. The van der Waals surface area contributed by atoms with Crippen LogP contribution >= 0.6 is 0 Å². The Morgan fingerprint density at radius 3 is 2.56 bits per heavy atom. The van der Waals surface area contributed by atoms with Gasteiger partial charge in [-0.15, -0.1) is 0 Å². The van der Waals surface area contributed by atoms with Gasteiger partial charge in [-0.25, -0.2) is 12.7 Å². The van der Waals surface area contributed by atoms with Crippen LogP contribution in [0.15, 0.2) is 24.3 Å². The van der Waals surface area contributed by atoms with Crippen LogP contribution < -0.4 is 0 Å². The zero-order valence-corrected chi connectivity index (χ0v) is 15.1. The molecule has 1 amide bonds. The largest absolute Gasteiger partial charge is 0.481 e. The van der Waals surface area contributed by atoms with Gasteiger partial charge in [-0.05, 0) is 12.5 Å². The molecule has 136 valence electrons. The summed E-state index contributed by atoms with van der Waals surface area (Å²) in [5.41, 5.74) is 0.461. The molecule has 0 saturated carbocycles. The van der Waals surface area contributed by atoms with Crippen LogP contribution in [0.2, 0.25) is 0 Å². The Bertz CT molecular complexity index is 822. The summed E-state index contributed by atoms with van der Waals surface area (Å²) in [6, 6.07) is 7.28. The molecule has 2 heterocycles. The van der Waals surface area contributed by atoms with Gasteiger partial charge in [0.15, 0.2) is 0 Å². The number of carboxylic acid groups (broad SMARTS) is 1. The van der Waals surface area contributed by atoms with Crippen LogP contribution in [-0.2, 0) is 25.4 Å². The quantitative estimate of drug-likeness (QED) is 0.846. The number of fused-ring (bicyclic) bond motifs is 1. The van der Waals surface area contributed by atoms with E-state index in [2.05, 4.69) is 0 Å². The highest BCUT2D eigenvalue weighted by Crippen LogP contribution is 2.44. The van der Waals surface area contributed by atoms with Gasteiger partial charge in [-0.3, -0.25) is 9.59 Å². The Morgan fingerprint density at radius 2 is 2.00 bits per heavy atom. The number of aryl methyl sites for hydroxylation is 1. The number of amides is 1.